The number of carbonyl (C=O) groups excluding carboxylic acids is 1. The molecule has 6 nitrogen and oxygen atoms in total. The maximum atomic E-state index is 11.4. The summed E-state index contributed by atoms with van der Waals surface area (Å²) < 4.78 is 5.33. The minimum absolute atomic E-state index is 0.0560. The Bertz CT molecular complexity index is 432. The second kappa shape index (κ2) is 7.16. The SMILES string of the molecule is CCCNC(=O)COc1ccccc1/C(N)=N/O. The summed E-state index contributed by atoms with van der Waals surface area (Å²) in [5, 5.41) is 14.2. The monoisotopic (exact) mass is 251 g/mol. The van der Waals surface area contributed by atoms with Gasteiger partial charge in [0.1, 0.15) is 5.75 Å². The summed E-state index contributed by atoms with van der Waals surface area (Å²) in [5.41, 5.74) is 5.95. The Kier molecular flexibility index (Phi) is 5.50. The molecule has 0 bridgehead atoms. The summed E-state index contributed by atoms with van der Waals surface area (Å²) in [4.78, 5) is 11.4. The van der Waals surface area contributed by atoms with Gasteiger partial charge in [-0.15, -0.1) is 0 Å². The van der Waals surface area contributed by atoms with Gasteiger partial charge >= 0.3 is 0 Å². The number of hydrogen-bond donors (Lipinski definition) is 3. The molecule has 0 aromatic heterocycles. The molecule has 0 aliphatic heterocycles. The van der Waals surface area contributed by atoms with Crippen LogP contribution in [0, 0.1) is 0 Å². The lowest BCUT2D eigenvalue weighted by atomic mass is 10.2. The number of para-hydroxylation sites is 1. The van der Waals surface area contributed by atoms with Gasteiger partial charge in [-0.25, -0.2) is 0 Å². The molecular formula is C12H17N3O3. The van der Waals surface area contributed by atoms with Crippen molar-refractivity contribution in [1.29, 1.82) is 0 Å². The van der Waals surface area contributed by atoms with Crippen LogP contribution in [0.1, 0.15) is 18.9 Å². The van der Waals surface area contributed by atoms with E-state index in [1.165, 1.54) is 0 Å². The number of amidine groups is 1. The zero-order valence-electron chi connectivity index (χ0n) is 10.2. The molecule has 98 valence electrons. The van der Waals surface area contributed by atoms with E-state index in [-0.39, 0.29) is 18.3 Å². The number of nitrogens with two attached hydrogens (primary N) is 1. The number of amides is 1. The highest BCUT2D eigenvalue weighted by Crippen LogP contribution is 2.17. The maximum absolute atomic E-state index is 11.4. The van der Waals surface area contributed by atoms with Gasteiger partial charge in [-0.2, -0.15) is 0 Å². The molecule has 0 saturated heterocycles. The molecule has 0 saturated carbocycles. The lowest BCUT2D eigenvalue weighted by Gasteiger charge is -2.10. The van der Waals surface area contributed by atoms with Gasteiger partial charge < -0.3 is 21.0 Å². The molecule has 4 N–H and O–H groups in total. The van der Waals surface area contributed by atoms with Crippen LogP contribution in [-0.4, -0.2) is 30.1 Å². The van der Waals surface area contributed by atoms with Crippen molar-refractivity contribution in [2.75, 3.05) is 13.2 Å². The Labute approximate surface area is 105 Å². The van der Waals surface area contributed by atoms with Crippen molar-refractivity contribution in [3.8, 4) is 5.75 Å². The Morgan fingerprint density at radius 2 is 2.22 bits per heavy atom. The van der Waals surface area contributed by atoms with Gasteiger partial charge in [-0.05, 0) is 18.6 Å². The van der Waals surface area contributed by atoms with Crippen LogP contribution in [-0.2, 0) is 4.79 Å². The fourth-order valence-corrected chi connectivity index (χ4v) is 1.32. The molecule has 6 heteroatoms. The second-order valence-corrected chi connectivity index (χ2v) is 3.62. The molecule has 0 spiro atoms. The van der Waals surface area contributed by atoms with E-state index in [4.69, 9.17) is 15.7 Å². The molecule has 0 aliphatic carbocycles. The van der Waals surface area contributed by atoms with E-state index >= 15 is 0 Å². The predicted octanol–water partition coefficient (Wildman–Crippen LogP) is 0.686. The van der Waals surface area contributed by atoms with E-state index in [0.29, 0.717) is 17.9 Å². The minimum Gasteiger partial charge on any atom is -0.483 e. The average molecular weight is 251 g/mol. The molecule has 0 atom stereocenters. The number of hydrogen-bond acceptors (Lipinski definition) is 4. The Balaban J connectivity index is 2.65. The van der Waals surface area contributed by atoms with Crippen molar-refractivity contribution in [3.63, 3.8) is 0 Å². The van der Waals surface area contributed by atoms with Gasteiger partial charge in [-0.3, -0.25) is 4.79 Å². The van der Waals surface area contributed by atoms with Crippen LogP contribution in [0.3, 0.4) is 0 Å². The first kappa shape index (κ1) is 13.8. The summed E-state index contributed by atoms with van der Waals surface area (Å²) >= 11 is 0. The molecule has 0 radical (unpaired) electrons. The van der Waals surface area contributed by atoms with E-state index in [9.17, 15) is 4.79 Å². The van der Waals surface area contributed by atoms with E-state index < -0.39 is 0 Å². The van der Waals surface area contributed by atoms with Crippen LogP contribution in [0.5, 0.6) is 5.75 Å². The molecule has 18 heavy (non-hydrogen) atoms. The number of nitrogens with one attached hydrogen (secondary N) is 1. The van der Waals surface area contributed by atoms with Gasteiger partial charge in [0.05, 0.1) is 5.56 Å². The third kappa shape index (κ3) is 3.97. The van der Waals surface area contributed by atoms with E-state index in [1.54, 1.807) is 24.3 Å². The summed E-state index contributed by atoms with van der Waals surface area (Å²) in [6, 6.07) is 6.78. The topological polar surface area (TPSA) is 96.9 Å². The van der Waals surface area contributed by atoms with Crippen LogP contribution in [0.2, 0.25) is 0 Å². The van der Waals surface area contributed by atoms with E-state index in [2.05, 4.69) is 10.5 Å². The Morgan fingerprint density at radius 1 is 1.50 bits per heavy atom. The predicted molar refractivity (Wildman–Crippen MR) is 67.7 cm³/mol. The molecule has 0 heterocycles. The van der Waals surface area contributed by atoms with Crippen LogP contribution in [0.15, 0.2) is 29.4 Å². The Hall–Kier alpha value is -2.24. The standard InChI is InChI=1S/C12H17N3O3/c1-2-7-14-11(16)8-18-10-6-4-3-5-9(10)12(13)15-17/h3-6,17H,2,7-8H2,1H3,(H2,13,15)(H,14,16). The number of oxime groups is 1. The van der Waals surface area contributed by atoms with Crippen molar-refractivity contribution in [2.45, 2.75) is 13.3 Å². The largest absolute Gasteiger partial charge is 0.483 e. The third-order valence-corrected chi connectivity index (χ3v) is 2.20. The van der Waals surface area contributed by atoms with Crippen LogP contribution >= 0.6 is 0 Å². The van der Waals surface area contributed by atoms with Crippen molar-refractivity contribution >= 4 is 11.7 Å². The van der Waals surface area contributed by atoms with Crippen LogP contribution in [0.4, 0.5) is 0 Å². The summed E-state index contributed by atoms with van der Waals surface area (Å²) in [7, 11) is 0. The van der Waals surface area contributed by atoms with Crippen molar-refractivity contribution in [1.82, 2.24) is 5.32 Å². The third-order valence-electron chi connectivity index (χ3n) is 2.20. The number of carbonyl (C=O) groups is 1. The van der Waals surface area contributed by atoms with Gasteiger partial charge in [0.25, 0.3) is 5.91 Å². The van der Waals surface area contributed by atoms with Gasteiger partial charge in [-0.1, -0.05) is 24.2 Å². The first-order valence-electron chi connectivity index (χ1n) is 5.65. The quantitative estimate of drug-likeness (QED) is 0.300. The first-order chi connectivity index (χ1) is 8.69. The van der Waals surface area contributed by atoms with Crippen molar-refractivity contribution in [2.24, 2.45) is 10.9 Å². The zero-order valence-corrected chi connectivity index (χ0v) is 10.2. The lowest BCUT2D eigenvalue weighted by Crippen LogP contribution is -2.29. The highest BCUT2D eigenvalue weighted by atomic mass is 16.5. The molecule has 0 unspecified atom stereocenters. The molecule has 0 aliphatic rings. The second-order valence-electron chi connectivity index (χ2n) is 3.62. The molecular weight excluding hydrogens is 234 g/mol. The van der Waals surface area contributed by atoms with E-state index in [1.807, 2.05) is 6.92 Å². The fraction of sp³-hybridized carbons (Fsp3) is 0.333. The number of rotatable bonds is 6. The van der Waals surface area contributed by atoms with E-state index in [0.717, 1.165) is 6.42 Å². The smallest absolute Gasteiger partial charge is 0.257 e. The number of ether oxygens (including phenoxy) is 1. The molecule has 1 aromatic carbocycles. The number of benzene rings is 1. The Morgan fingerprint density at radius 3 is 2.89 bits per heavy atom. The summed E-state index contributed by atoms with van der Waals surface area (Å²) in [5.74, 6) is 0.144. The molecule has 1 aromatic rings. The lowest BCUT2D eigenvalue weighted by molar-refractivity contribution is -0.123. The highest BCUT2D eigenvalue weighted by Gasteiger charge is 2.09. The normalized spacial score (nSPS) is 11.1. The van der Waals surface area contributed by atoms with Gasteiger partial charge in [0, 0.05) is 6.54 Å². The summed E-state index contributed by atoms with van der Waals surface area (Å²) in [6.07, 6.45) is 0.868. The molecule has 0 fully saturated rings. The highest BCUT2D eigenvalue weighted by molar-refractivity contribution is 5.99. The fourth-order valence-electron chi connectivity index (χ4n) is 1.32. The average Bonchev–Trinajstić information content (AvgIpc) is 2.42. The van der Waals surface area contributed by atoms with Crippen LogP contribution in [0.25, 0.3) is 0 Å². The molecule has 1 rings (SSSR count). The number of nitrogens with zero attached hydrogens (tertiary/aromatic N) is 1. The van der Waals surface area contributed by atoms with Crippen LogP contribution < -0.4 is 15.8 Å². The maximum Gasteiger partial charge on any atom is 0.257 e. The minimum atomic E-state index is -0.203. The van der Waals surface area contributed by atoms with Gasteiger partial charge in [0.15, 0.2) is 12.4 Å². The first-order valence-corrected chi connectivity index (χ1v) is 5.65. The molecule has 1 amide bonds. The van der Waals surface area contributed by atoms with Crippen molar-refractivity contribution in [3.05, 3.63) is 29.8 Å². The zero-order chi connectivity index (χ0) is 13.4. The summed E-state index contributed by atoms with van der Waals surface area (Å²) in [6.45, 7) is 2.48. The van der Waals surface area contributed by atoms with Crippen molar-refractivity contribution < 1.29 is 14.7 Å². The van der Waals surface area contributed by atoms with Gasteiger partial charge in [0.2, 0.25) is 0 Å².